The number of anilines is 1. The van der Waals surface area contributed by atoms with Crippen LogP contribution in [0.1, 0.15) is 15.2 Å². The van der Waals surface area contributed by atoms with Crippen LogP contribution >= 0.6 is 27.3 Å². The first-order chi connectivity index (χ1) is 8.70. The van der Waals surface area contributed by atoms with Crippen molar-refractivity contribution in [3.05, 3.63) is 50.6 Å². The smallest absolute Gasteiger partial charge is 0.251 e. The molecular formula is C13H13BrN2OS. The Labute approximate surface area is 118 Å². The number of thiophene rings is 1. The van der Waals surface area contributed by atoms with Crippen molar-refractivity contribution in [1.29, 1.82) is 0 Å². The fourth-order valence-corrected chi connectivity index (χ4v) is 2.93. The van der Waals surface area contributed by atoms with Gasteiger partial charge in [0.25, 0.3) is 5.91 Å². The molecule has 1 amide bonds. The molecule has 1 heterocycles. The second kappa shape index (κ2) is 6.02. The first-order valence-electron chi connectivity index (χ1n) is 5.48. The van der Waals surface area contributed by atoms with Crippen LogP contribution in [0.3, 0.4) is 0 Å². The largest absolute Gasteiger partial charge is 0.388 e. The van der Waals surface area contributed by atoms with E-state index in [9.17, 15) is 4.79 Å². The summed E-state index contributed by atoms with van der Waals surface area (Å²) in [5.74, 6) is -0.0575. The topological polar surface area (TPSA) is 41.1 Å². The zero-order chi connectivity index (χ0) is 13.0. The van der Waals surface area contributed by atoms with Crippen LogP contribution < -0.4 is 10.6 Å². The molecule has 0 saturated carbocycles. The number of nitrogens with one attached hydrogen (secondary N) is 2. The highest BCUT2D eigenvalue weighted by molar-refractivity contribution is 9.10. The lowest BCUT2D eigenvalue weighted by molar-refractivity contribution is 0.0951. The lowest BCUT2D eigenvalue weighted by atomic mass is 10.2. The summed E-state index contributed by atoms with van der Waals surface area (Å²) >= 11 is 5.06. The van der Waals surface area contributed by atoms with Crippen LogP contribution in [0.2, 0.25) is 0 Å². The summed E-state index contributed by atoms with van der Waals surface area (Å²) in [6.07, 6.45) is 0. The van der Waals surface area contributed by atoms with E-state index in [2.05, 4.69) is 26.6 Å². The number of amides is 1. The third-order valence-electron chi connectivity index (χ3n) is 2.54. The molecule has 0 aliphatic heterocycles. The summed E-state index contributed by atoms with van der Waals surface area (Å²) in [4.78, 5) is 13.0. The zero-order valence-corrected chi connectivity index (χ0v) is 12.3. The van der Waals surface area contributed by atoms with E-state index in [1.54, 1.807) is 11.3 Å². The summed E-state index contributed by atoms with van der Waals surface area (Å²) in [6.45, 7) is 0.546. The molecule has 5 heteroatoms. The zero-order valence-electron chi connectivity index (χ0n) is 9.87. The molecule has 3 nitrogen and oxygen atoms in total. The normalized spacial score (nSPS) is 10.1. The average molecular weight is 325 g/mol. The van der Waals surface area contributed by atoms with Crippen LogP contribution in [-0.4, -0.2) is 13.0 Å². The number of carbonyl (C=O) groups excluding carboxylic acids is 1. The summed E-state index contributed by atoms with van der Waals surface area (Å²) in [5, 5.41) is 7.91. The van der Waals surface area contributed by atoms with Crippen molar-refractivity contribution in [2.75, 3.05) is 12.4 Å². The Hall–Kier alpha value is -1.33. The Kier molecular flexibility index (Phi) is 4.38. The molecule has 1 aromatic heterocycles. The van der Waals surface area contributed by atoms with Crippen molar-refractivity contribution in [1.82, 2.24) is 5.32 Å². The van der Waals surface area contributed by atoms with Gasteiger partial charge in [0.1, 0.15) is 0 Å². The van der Waals surface area contributed by atoms with Gasteiger partial charge in [-0.2, -0.15) is 0 Å². The molecule has 0 saturated heterocycles. The van der Waals surface area contributed by atoms with Crippen molar-refractivity contribution in [2.45, 2.75) is 6.54 Å². The van der Waals surface area contributed by atoms with Crippen LogP contribution in [0.25, 0.3) is 0 Å². The molecule has 94 valence electrons. The van der Waals surface area contributed by atoms with E-state index in [1.807, 2.05) is 42.8 Å². The molecule has 0 radical (unpaired) electrons. The number of halogens is 1. The maximum absolute atomic E-state index is 11.9. The van der Waals surface area contributed by atoms with Crippen molar-refractivity contribution in [2.24, 2.45) is 0 Å². The van der Waals surface area contributed by atoms with Gasteiger partial charge in [0.2, 0.25) is 0 Å². The van der Waals surface area contributed by atoms with Gasteiger partial charge in [-0.1, -0.05) is 0 Å². The maximum atomic E-state index is 11.9. The Balaban J connectivity index is 1.97. The van der Waals surface area contributed by atoms with E-state index in [0.29, 0.717) is 12.1 Å². The summed E-state index contributed by atoms with van der Waals surface area (Å²) in [5.41, 5.74) is 1.66. The van der Waals surface area contributed by atoms with Gasteiger partial charge in [0, 0.05) is 27.6 Å². The number of hydrogen-bond donors (Lipinski definition) is 2. The number of carbonyl (C=O) groups is 1. The molecule has 0 unspecified atom stereocenters. The van der Waals surface area contributed by atoms with Gasteiger partial charge in [-0.25, -0.2) is 0 Å². The summed E-state index contributed by atoms with van der Waals surface area (Å²) in [6, 6.07) is 9.37. The molecule has 0 aliphatic carbocycles. The molecule has 0 fully saturated rings. The van der Waals surface area contributed by atoms with Gasteiger partial charge in [0.15, 0.2) is 0 Å². The highest BCUT2D eigenvalue weighted by atomic mass is 79.9. The van der Waals surface area contributed by atoms with E-state index in [1.165, 1.54) is 0 Å². The Morgan fingerprint density at radius 1 is 1.28 bits per heavy atom. The van der Waals surface area contributed by atoms with Crippen LogP contribution in [0.4, 0.5) is 5.69 Å². The van der Waals surface area contributed by atoms with Gasteiger partial charge < -0.3 is 10.6 Å². The van der Waals surface area contributed by atoms with Crippen molar-refractivity contribution < 1.29 is 4.79 Å². The van der Waals surface area contributed by atoms with Gasteiger partial charge in [-0.3, -0.25) is 4.79 Å². The molecule has 0 bridgehead atoms. The summed E-state index contributed by atoms with van der Waals surface area (Å²) < 4.78 is 1.04. The molecular weight excluding hydrogens is 312 g/mol. The first kappa shape index (κ1) is 13.1. The minimum Gasteiger partial charge on any atom is -0.388 e. The van der Waals surface area contributed by atoms with Crippen LogP contribution in [-0.2, 0) is 6.54 Å². The highest BCUT2D eigenvalue weighted by Crippen LogP contribution is 2.22. The lowest BCUT2D eigenvalue weighted by Gasteiger charge is -2.05. The Bertz CT molecular complexity index is 536. The Morgan fingerprint density at radius 2 is 2.00 bits per heavy atom. The predicted octanol–water partition coefficient (Wildman–Crippen LogP) is 3.48. The second-order valence-corrected chi connectivity index (χ2v) is 5.56. The minimum absolute atomic E-state index is 0.0575. The molecule has 0 spiro atoms. The van der Waals surface area contributed by atoms with Crippen molar-refractivity contribution in [3.63, 3.8) is 0 Å². The number of benzene rings is 1. The molecule has 18 heavy (non-hydrogen) atoms. The van der Waals surface area contributed by atoms with Crippen molar-refractivity contribution in [3.8, 4) is 0 Å². The molecule has 0 aliphatic rings. The maximum Gasteiger partial charge on any atom is 0.251 e. The van der Waals surface area contributed by atoms with E-state index in [-0.39, 0.29) is 5.91 Å². The van der Waals surface area contributed by atoms with Gasteiger partial charge in [-0.15, -0.1) is 11.3 Å². The molecule has 2 rings (SSSR count). The first-order valence-corrected chi connectivity index (χ1v) is 7.16. The fourth-order valence-electron chi connectivity index (χ4n) is 1.50. The number of rotatable bonds is 4. The number of hydrogen-bond acceptors (Lipinski definition) is 3. The van der Waals surface area contributed by atoms with Crippen LogP contribution in [0.5, 0.6) is 0 Å². The van der Waals surface area contributed by atoms with Crippen LogP contribution in [0.15, 0.2) is 40.2 Å². The average Bonchev–Trinajstić information content (AvgIpc) is 2.81. The second-order valence-electron chi connectivity index (χ2n) is 3.70. The molecule has 2 aromatic rings. The standard InChI is InChI=1S/C13H13BrN2OS/c1-15-10-4-2-9(3-5-10)13(17)16-8-12-11(14)6-7-18-12/h2-7,15H,8H2,1H3,(H,16,17). The molecule has 0 atom stereocenters. The van der Waals surface area contributed by atoms with E-state index >= 15 is 0 Å². The highest BCUT2D eigenvalue weighted by Gasteiger charge is 2.07. The third-order valence-corrected chi connectivity index (χ3v) is 4.46. The van der Waals surface area contributed by atoms with Gasteiger partial charge in [-0.05, 0) is 51.6 Å². The monoisotopic (exact) mass is 324 g/mol. The fraction of sp³-hybridized carbons (Fsp3) is 0.154. The SMILES string of the molecule is CNc1ccc(C(=O)NCc2sccc2Br)cc1. The minimum atomic E-state index is -0.0575. The van der Waals surface area contributed by atoms with Gasteiger partial charge >= 0.3 is 0 Å². The van der Waals surface area contributed by atoms with Crippen molar-refractivity contribution >= 4 is 38.9 Å². The van der Waals surface area contributed by atoms with E-state index < -0.39 is 0 Å². The summed E-state index contributed by atoms with van der Waals surface area (Å²) in [7, 11) is 1.85. The van der Waals surface area contributed by atoms with E-state index in [4.69, 9.17) is 0 Å². The molecule has 1 aromatic carbocycles. The molecule has 2 N–H and O–H groups in total. The van der Waals surface area contributed by atoms with Gasteiger partial charge in [0.05, 0.1) is 6.54 Å². The lowest BCUT2D eigenvalue weighted by Crippen LogP contribution is -2.22. The van der Waals surface area contributed by atoms with Crippen LogP contribution in [0, 0.1) is 0 Å². The van der Waals surface area contributed by atoms with E-state index in [0.717, 1.165) is 15.0 Å². The Morgan fingerprint density at radius 3 is 2.56 bits per heavy atom. The predicted molar refractivity (Wildman–Crippen MR) is 79.2 cm³/mol. The third kappa shape index (κ3) is 3.11. The quantitative estimate of drug-likeness (QED) is 0.904.